The minimum absolute atomic E-state index is 0.305. The maximum atomic E-state index is 12.8. The number of nitrogens with zero attached hydrogens (tertiary/aromatic N) is 2. The number of nitriles is 1. The Kier molecular flexibility index (Phi) is 3.24. The van der Waals surface area contributed by atoms with Crippen molar-refractivity contribution in [3.8, 4) is 6.07 Å². The van der Waals surface area contributed by atoms with Crippen molar-refractivity contribution in [2.45, 2.75) is 12.5 Å². The highest BCUT2D eigenvalue weighted by Gasteiger charge is 2.26. The first-order valence-corrected chi connectivity index (χ1v) is 5.49. The molecule has 3 nitrogen and oxygen atoms in total. The average Bonchev–Trinajstić information content (AvgIpc) is 2.42. The molecule has 0 aliphatic rings. The second kappa shape index (κ2) is 4.84. The molecular formula is C14H12FN3. The highest BCUT2D eigenvalue weighted by atomic mass is 19.1. The molecule has 1 unspecified atom stereocenters. The van der Waals surface area contributed by atoms with E-state index in [1.54, 1.807) is 37.5 Å². The van der Waals surface area contributed by atoms with Crippen molar-refractivity contribution in [2.75, 3.05) is 5.32 Å². The van der Waals surface area contributed by atoms with Crippen LogP contribution in [0.25, 0.3) is 0 Å². The lowest BCUT2D eigenvalue weighted by Gasteiger charge is -2.24. The number of aromatic nitrogens is 1. The highest BCUT2D eigenvalue weighted by Crippen LogP contribution is 2.24. The van der Waals surface area contributed by atoms with Crippen LogP contribution in [0.3, 0.4) is 0 Å². The third-order valence-electron chi connectivity index (χ3n) is 2.70. The van der Waals surface area contributed by atoms with Gasteiger partial charge in [0.25, 0.3) is 0 Å². The van der Waals surface area contributed by atoms with Gasteiger partial charge in [-0.25, -0.2) is 4.39 Å². The van der Waals surface area contributed by atoms with E-state index >= 15 is 0 Å². The Hall–Kier alpha value is -2.41. The lowest BCUT2D eigenvalue weighted by Crippen LogP contribution is -2.30. The van der Waals surface area contributed by atoms with Crippen LogP contribution in [-0.4, -0.2) is 4.98 Å². The van der Waals surface area contributed by atoms with Gasteiger partial charge in [-0.3, -0.25) is 4.98 Å². The number of pyridine rings is 1. The van der Waals surface area contributed by atoms with Crippen molar-refractivity contribution in [1.29, 1.82) is 5.26 Å². The molecule has 1 heterocycles. The van der Waals surface area contributed by atoms with Gasteiger partial charge in [0.2, 0.25) is 0 Å². The molecule has 0 saturated carbocycles. The van der Waals surface area contributed by atoms with Gasteiger partial charge in [-0.15, -0.1) is 0 Å². The Bertz CT molecular complexity index is 560. The smallest absolute Gasteiger partial charge is 0.149 e. The quantitative estimate of drug-likeness (QED) is 0.898. The van der Waals surface area contributed by atoms with E-state index in [9.17, 15) is 9.65 Å². The summed E-state index contributed by atoms with van der Waals surface area (Å²) in [4.78, 5) is 4.00. The monoisotopic (exact) mass is 241 g/mol. The molecule has 0 fully saturated rings. The zero-order valence-electron chi connectivity index (χ0n) is 9.89. The van der Waals surface area contributed by atoms with Crippen LogP contribution in [0.15, 0.2) is 48.8 Å². The van der Waals surface area contributed by atoms with Gasteiger partial charge in [-0.05, 0) is 37.3 Å². The first kappa shape index (κ1) is 12.1. The van der Waals surface area contributed by atoms with Gasteiger partial charge in [0.05, 0.1) is 6.07 Å². The summed E-state index contributed by atoms with van der Waals surface area (Å²) >= 11 is 0. The second-order valence-electron chi connectivity index (χ2n) is 4.11. The molecule has 0 amide bonds. The van der Waals surface area contributed by atoms with Crippen LogP contribution in [0.5, 0.6) is 0 Å². The molecule has 0 saturated heterocycles. The van der Waals surface area contributed by atoms with Crippen LogP contribution < -0.4 is 5.32 Å². The fourth-order valence-electron chi connectivity index (χ4n) is 1.65. The normalized spacial score (nSPS) is 13.4. The number of hydrogen-bond acceptors (Lipinski definition) is 3. The summed E-state index contributed by atoms with van der Waals surface area (Å²) in [5.74, 6) is -0.305. The number of nitrogens with one attached hydrogen (secondary N) is 1. The summed E-state index contributed by atoms with van der Waals surface area (Å²) in [6.45, 7) is 1.76. The molecule has 0 aliphatic heterocycles. The molecular weight excluding hydrogens is 229 g/mol. The van der Waals surface area contributed by atoms with E-state index in [4.69, 9.17) is 0 Å². The highest BCUT2D eigenvalue weighted by molar-refractivity contribution is 5.50. The molecule has 90 valence electrons. The first-order chi connectivity index (χ1) is 8.64. The predicted molar refractivity (Wildman–Crippen MR) is 67.2 cm³/mol. The second-order valence-corrected chi connectivity index (χ2v) is 4.11. The molecule has 0 aliphatic carbocycles. The van der Waals surface area contributed by atoms with Crippen molar-refractivity contribution in [3.63, 3.8) is 0 Å². The van der Waals surface area contributed by atoms with E-state index in [0.29, 0.717) is 5.69 Å². The van der Waals surface area contributed by atoms with Crippen molar-refractivity contribution in [3.05, 3.63) is 60.2 Å². The summed E-state index contributed by atoms with van der Waals surface area (Å²) in [5.41, 5.74) is 0.549. The summed E-state index contributed by atoms with van der Waals surface area (Å²) in [7, 11) is 0. The molecule has 0 radical (unpaired) electrons. The topological polar surface area (TPSA) is 48.7 Å². The lowest BCUT2D eigenvalue weighted by molar-refractivity contribution is 0.627. The van der Waals surface area contributed by atoms with E-state index in [2.05, 4.69) is 16.4 Å². The molecule has 0 spiro atoms. The van der Waals surface area contributed by atoms with Crippen LogP contribution >= 0.6 is 0 Å². The van der Waals surface area contributed by atoms with Crippen molar-refractivity contribution >= 4 is 5.69 Å². The molecule has 4 heteroatoms. The minimum atomic E-state index is -0.897. The van der Waals surface area contributed by atoms with Crippen LogP contribution in [-0.2, 0) is 5.54 Å². The number of halogens is 1. The Balaban J connectivity index is 2.30. The Morgan fingerprint density at radius 3 is 2.56 bits per heavy atom. The van der Waals surface area contributed by atoms with E-state index < -0.39 is 5.54 Å². The molecule has 1 atom stereocenters. The third-order valence-corrected chi connectivity index (χ3v) is 2.70. The van der Waals surface area contributed by atoms with Crippen LogP contribution in [0.2, 0.25) is 0 Å². The third kappa shape index (κ3) is 2.46. The van der Waals surface area contributed by atoms with E-state index in [0.717, 1.165) is 5.56 Å². The average molecular weight is 241 g/mol. The lowest BCUT2D eigenvalue weighted by atomic mass is 9.95. The fraction of sp³-hybridized carbons (Fsp3) is 0.143. The molecule has 1 aromatic carbocycles. The number of benzene rings is 1. The van der Waals surface area contributed by atoms with Gasteiger partial charge in [0.15, 0.2) is 0 Å². The fourth-order valence-corrected chi connectivity index (χ4v) is 1.65. The van der Waals surface area contributed by atoms with Gasteiger partial charge in [0.1, 0.15) is 11.4 Å². The summed E-state index contributed by atoms with van der Waals surface area (Å²) in [6.07, 6.45) is 3.29. The molecule has 2 rings (SSSR count). The van der Waals surface area contributed by atoms with Gasteiger partial charge in [-0.1, -0.05) is 6.07 Å². The zero-order valence-corrected chi connectivity index (χ0v) is 9.89. The molecule has 18 heavy (non-hydrogen) atoms. The largest absolute Gasteiger partial charge is 0.364 e. The van der Waals surface area contributed by atoms with E-state index in [1.807, 2.05) is 6.07 Å². The molecule has 2 aromatic rings. The van der Waals surface area contributed by atoms with Crippen molar-refractivity contribution in [1.82, 2.24) is 4.98 Å². The Morgan fingerprint density at radius 2 is 2.00 bits per heavy atom. The van der Waals surface area contributed by atoms with Crippen LogP contribution in [0.4, 0.5) is 10.1 Å². The summed E-state index contributed by atoms with van der Waals surface area (Å²) in [6, 6.07) is 11.7. The Morgan fingerprint density at radius 1 is 1.28 bits per heavy atom. The van der Waals surface area contributed by atoms with Crippen molar-refractivity contribution in [2.24, 2.45) is 0 Å². The first-order valence-electron chi connectivity index (χ1n) is 5.49. The number of rotatable bonds is 3. The van der Waals surface area contributed by atoms with Gasteiger partial charge in [0, 0.05) is 23.6 Å². The molecule has 0 bridgehead atoms. The zero-order chi connectivity index (χ0) is 13.0. The Labute approximate surface area is 105 Å². The SMILES string of the molecule is CC(C#N)(Nc1ccc(F)cc1)c1cccnc1. The molecule has 1 aromatic heterocycles. The van der Waals surface area contributed by atoms with E-state index in [-0.39, 0.29) is 5.82 Å². The van der Waals surface area contributed by atoms with E-state index in [1.165, 1.54) is 12.1 Å². The van der Waals surface area contributed by atoms with Crippen LogP contribution in [0, 0.1) is 17.1 Å². The summed E-state index contributed by atoms with van der Waals surface area (Å²) < 4.78 is 12.8. The molecule has 1 N–H and O–H groups in total. The maximum Gasteiger partial charge on any atom is 0.149 e. The van der Waals surface area contributed by atoms with Crippen LogP contribution in [0.1, 0.15) is 12.5 Å². The van der Waals surface area contributed by atoms with Gasteiger partial charge < -0.3 is 5.32 Å². The van der Waals surface area contributed by atoms with Crippen molar-refractivity contribution < 1.29 is 4.39 Å². The maximum absolute atomic E-state index is 12.8. The minimum Gasteiger partial charge on any atom is -0.364 e. The van der Waals surface area contributed by atoms with Gasteiger partial charge in [-0.2, -0.15) is 5.26 Å². The predicted octanol–water partition coefficient (Wildman–Crippen LogP) is 3.07. The van der Waals surface area contributed by atoms with Gasteiger partial charge >= 0.3 is 0 Å². The number of anilines is 1. The standard InChI is InChI=1S/C14H12FN3/c1-14(10-16,11-3-2-8-17-9-11)18-13-6-4-12(15)5-7-13/h2-9,18H,1H3. The number of hydrogen-bond donors (Lipinski definition) is 1. The summed E-state index contributed by atoms with van der Waals surface area (Å²) in [5, 5.41) is 12.4.